The zero-order valence-electron chi connectivity index (χ0n) is 6.27. The van der Waals surface area contributed by atoms with E-state index in [0.717, 1.165) is 14.7 Å². The van der Waals surface area contributed by atoms with Gasteiger partial charge in [-0.25, -0.2) is 9.37 Å². The van der Waals surface area contributed by atoms with E-state index in [1.54, 1.807) is 12.4 Å². The predicted molar refractivity (Wildman–Crippen MR) is 52.0 cm³/mol. The second-order valence-electron chi connectivity index (χ2n) is 2.50. The number of thiazole rings is 1. The zero-order valence-corrected chi connectivity index (χ0v) is 8.67. The fourth-order valence-corrected chi connectivity index (χ4v) is 2.37. The van der Waals surface area contributed by atoms with Gasteiger partial charge in [0.2, 0.25) is 0 Å². The maximum absolute atomic E-state index is 13.1. The summed E-state index contributed by atoms with van der Waals surface area (Å²) in [5, 5.41) is 0. The third-order valence-electron chi connectivity index (χ3n) is 1.75. The Morgan fingerprint density at radius 1 is 1.58 bits per heavy atom. The van der Waals surface area contributed by atoms with Crippen LogP contribution in [0.15, 0.2) is 16.0 Å². The highest BCUT2D eigenvalue weighted by Gasteiger charge is 2.08. The molecule has 0 radical (unpaired) electrons. The molecule has 12 heavy (non-hydrogen) atoms. The van der Waals surface area contributed by atoms with E-state index in [0.29, 0.717) is 5.56 Å². The first-order chi connectivity index (χ1) is 5.70. The molecule has 0 saturated heterocycles. The normalized spacial score (nSPS) is 10.9. The Bertz CT molecular complexity index is 438. The molecule has 62 valence electrons. The third kappa shape index (κ3) is 1.06. The summed E-state index contributed by atoms with van der Waals surface area (Å²) in [6.07, 6.45) is 0. The van der Waals surface area contributed by atoms with Crippen molar-refractivity contribution in [3.63, 3.8) is 0 Å². The van der Waals surface area contributed by atoms with E-state index in [1.807, 2.05) is 0 Å². The molecule has 1 heterocycles. The van der Waals surface area contributed by atoms with Crippen LogP contribution >= 0.6 is 27.3 Å². The van der Waals surface area contributed by atoms with Gasteiger partial charge in [0, 0.05) is 5.56 Å². The van der Waals surface area contributed by atoms with Gasteiger partial charge in [0.15, 0.2) is 0 Å². The first kappa shape index (κ1) is 8.13. The summed E-state index contributed by atoms with van der Waals surface area (Å²) in [4.78, 5) is 4.13. The number of hydrogen-bond acceptors (Lipinski definition) is 2. The van der Waals surface area contributed by atoms with Crippen LogP contribution in [0.1, 0.15) is 5.56 Å². The van der Waals surface area contributed by atoms with Crippen LogP contribution in [0.25, 0.3) is 10.2 Å². The van der Waals surface area contributed by atoms with E-state index in [1.165, 1.54) is 17.4 Å². The molecule has 0 aliphatic carbocycles. The Balaban J connectivity index is 2.94. The van der Waals surface area contributed by atoms with Crippen LogP contribution in [-0.4, -0.2) is 4.98 Å². The molecule has 0 aliphatic heterocycles. The van der Waals surface area contributed by atoms with Crippen molar-refractivity contribution in [2.45, 2.75) is 6.92 Å². The summed E-state index contributed by atoms with van der Waals surface area (Å²) < 4.78 is 14.8. The Morgan fingerprint density at radius 3 is 3.08 bits per heavy atom. The molecule has 0 aliphatic rings. The number of aromatic nitrogens is 1. The highest BCUT2D eigenvalue weighted by Crippen LogP contribution is 2.30. The molecule has 0 spiro atoms. The summed E-state index contributed by atoms with van der Waals surface area (Å²) in [5.74, 6) is -0.182. The van der Waals surface area contributed by atoms with Crippen molar-refractivity contribution < 1.29 is 4.39 Å². The van der Waals surface area contributed by atoms with Crippen molar-refractivity contribution in [3.05, 3.63) is 27.4 Å². The third-order valence-corrected chi connectivity index (χ3v) is 3.49. The molecule has 2 aromatic rings. The molecule has 1 aromatic heterocycles. The number of hydrogen-bond donors (Lipinski definition) is 0. The molecular weight excluding hydrogens is 241 g/mol. The summed E-state index contributed by atoms with van der Waals surface area (Å²) in [6, 6.07) is 1.52. The highest BCUT2D eigenvalue weighted by molar-refractivity contribution is 9.10. The van der Waals surface area contributed by atoms with E-state index in [9.17, 15) is 4.39 Å². The maximum Gasteiger partial charge on any atom is 0.128 e. The first-order valence-corrected chi connectivity index (χ1v) is 5.05. The van der Waals surface area contributed by atoms with Crippen molar-refractivity contribution in [1.82, 2.24) is 4.98 Å². The topological polar surface area (TPSA) is 12.9 Å². The Hall–Kier alpha value is -0.480. The summed E-state index contributed by atoms with van der Waals surface area (Å²) in [7, 11) is 0. The molecular formula is C8H5BrFNS. The Labute approximate surface area is 81.4 Å². The lowest BCUT2D eigenvalue weighted by Crippen LogP contribution is -1.84. The molecule has 0 amide bonds. The van der Waals surface area contributed by atoms with Crippen LogP contribution in [0.4, 0.5) is 4.39 Å². The van der Waals surface area contributed by atoms with Crippen LogP contribution in [0, 0.1) is 12.7 Å². The van der Waals surface area contributed by atoms with E-state index in [2.05, 4.69) is 20.9 Å². The van der Waals surface area contributed by atoms with E-state index in [4.69, 9.17) is 0 Å². The molecule has 0 atom stereocenters. The average molecular weight is 246 g/mol. The minimum Gasteiger partial charge on any atom is -0.243 e. The van der Waals surface area contributed by atoms with Gasteiger partial charge in [-0.3, -0.25) is 0 Å². The molecule has 0 unspecified atom stereocenters. The fourth-order valence-electron chi connectivity index (χ4n) is 1.03. The standard InChI is InChI=1S/C8H5BrFNS/c1-4-5(10)2-6-8(7(4)9)11-3-12-6/h2-3H,1H3. The van der Waals surface area contributed by atoms with Crippen LogP contribution < -0.4 is 0 Å². The molecule has 1 aromatic carbocycles. The van der Waals surface area contributed by atoms with Gasteiger partial charge in [-0.15, -0.1) is 11.3 Å². The fraction of sp³-hybridized carbons (Fsp3) is 0.125. The summed E-state index contributed by atoms with van der Waals surface area (Å²) >= 11 is 4.76. The first-order valence-electron chi connectivity index (χ1n) is 3.38. The van der Waals surface area contributed by atoms with Crippen LogP contribution in [-0.2, 0) is 0 Å². The van der Waals surface area contributed by atoms with Crippen molar-refractivity contribution in [2.75, 3.05) is 0 Å². The summed E-state index contributed by atoms with van der Waals surface area (Å²) in [5.41, 5.74) is 3.18. The Kier molecular flexibility index (Phi) is 1.88. The number of fused-ring (bicyclic) bond motifs is 1. The van der Waals surface area contributed by atoms with Crippen molar-refractivity contribution in [2.24, 2.45) is 0 Å². The van der Waals surface area contributed by atoms with Crippen molar-refractivity contribution in [1.29, 1.82) is 0 Å². The lowest BCUT2D eigenvalue weighted by Gasteiger charge is -1.99. The van der Waals surface area contributed by atoms with Gasteiger partial charge in [-0.1, -0.05) is 0 Å². The lowest BCUT2D eigenvalue weighted by atomic mass is 10.2. The predicted octanol–water partition coefficient (Wildman–Crippen LogP) is 3.51. The second-order valence-corrected chi connectivity index (χ2v) is 4.18. The van der Waals surface area contributed by atoms with Crippen LogP contribution in [0.5, 0.6) is 0 Å². The van der Waals surface area contributed by atoms with Crippen LogP contribution in [0.3, 0.4) is 0 Å². The SMILES string of the molecule is Cc1c(F)cc2scnc2c1Br. The van der Waals surface area contributed by atoms with Crippen molar-refractivity contribution >= 4 is 37.5 Å². The molecule has 1 nitrogen and oxygen atoms in total. The van der Waals surface area contributed by atoms with Gasteiger partial charge in [0.05, 0.1) is 20.2 Å². The van der Waals surface area contributed by atoms with E-state index in [-0.39, 0.29) is 5.82 Å². The monoisotopic (exact) mass is 245 g/mol. The number of halogens is 2. The number of rotatable bonds is 0. The number of benzene rings is 1. The largest absolute Gasteiger partial charge is 0.243 e. The second kappa shape index (κ2) is 2.78. The minimum atomic E-state index is -0.182. The van der Waals surface area contributed by atoms with E-state index < -0.39 is 0 Å². The van der Waals surface area contributed by atoms with E-state index >= 15 is 0 Å². The molecule has 0 fully saturated rings. The highest BCUT2D eigenvalue weighted by atomic mass is 79.9. The van der Waals surface area contributed by atoms with Gasteiger partial charge in [-0.05, 0) is 28.9 Å². The van der Waals surface area contributed by atoms with Gasteiger partial charge in [0.25, 0.3) is 0 Å². The molecule has 4 heteroatoms. The smallest absolute Gasteiger partial charge is 0.128 e. The van der Waals surface area contributed by atoms with Crippen LogP contribution in [0.2, 0.25) is 0 Å². The molecule has 2 rings (SSSR count). The lowest BCUT2D eigenvalue weighted by molar-refractivity contribution is 0.619. The minimum absolute atomic E-state index is 0.182. The van der Waals surface area contributed by atoms with Crippen molar-refractivity contribution in [3.8, 4) is 0 Å². The van der Waals surface area contributed by atoms with Gasteiger partial charge in [-0.2, -0.15) is 0 Å². The molecule has 0 saturated carbocycles. The zero-order chi connectivity index (χ0) is 8.72. The maximum atomic E-state index is 13.1. The number of nitrogens with zero attached hydrogens (tertiary/aromatic N) is 1. The summed E-state index contributed by atoms with van der Waals surface area (Å²) in [6.45, 7) is 1.73. The van der Waals surface area contributed by atoms with Gasteiger partial charge >= 0.3 is 0 Å². The Morgan fingerprint density at radius 2 is 2.33 bits per heavy atom. The van der Waals surface area contributed by atoms with Gasteiger partial charge < -0.3 is 0 Å². The quantitative estimate of drug-likeness (QED) is 0.693. The average Bonchev–Trinajstić information content (AvgIpc) is 2.48. The molecule has 0 bridgehead atoms. The molecule has 0 N–H and O–H groups in total. The van der Waals surface area contributed by atoms with Gasteiger partial charge in [0.1, 0.15) is 5.82 Å².